The summed E-state index contributed by atoms with van der Waals surface area (Å²) in [5.41, 5.74) is 8.68. The van der Waals surface area contributed by atoms with Crippen LogP contribution in [0.1, 0.15) is 50.8 Å². The van der Waals surface area contributed by atoms with Gasteiger partial charge in [0.1, 0.15) is 0 Å². The van der Waals surface area contributed by atoms with E-state index in [9.17, 15) is 0 Å². The molecule has 0 unspecified atom stereocenters. The van der Waals surface area contributed by atoms with Crippen LogP contribution in [0.25, 0.3) is 0 Å². The van der Waals surface area contributed by atoms with Crippen LogP contribution in [-0.4, -0.2) is 0 Å². The van der Waals surface area contributed by atoms with Gasteiger partial charge in [0.25, 0.3) is 0 Å². The zero-order valence-electron chi connectivity index (χ0n) is 9.62. The summed E-state index contributed by atoms with van der Waals surface area (Å²) in [6.07, 6.45) is 0. The Hall–Kier alpha value is -0.820. The second kappa shape index (κ2) is 4.61. The second-order valence-electron chi connectivity index (χ2n) is 4.59. The molecule has 0 bridgehead atoms. The third-order valence-corrected chi connectivity index (χ3v) is 2.71. The van der Waals surface area contributed by atoms with Gasteiger partial charge in [-0.25, -0.2) is 0 Å². The van der Waals surface area contributed by atoms with Gasteiger partial charge in [0, 0.05) is 6.04 Å². The molecule has 0 amide bonds. The second-order valence-corrected chi connectivity index (χ2v) is 4.59. The number of hydrogen-bond donors (Lipinski definition) is 1. The van der Waals surface area contributed by atoms with E-state index in [1.54, 1.807) is 0 Å². The van der Waals surface area contributed by atoms with Gasteiger partial charge in [-0.3, -0.25) is 0 Å². The molecule has 1 nitrogen and oxygen atoms in total. The van der Waals surface area contributed by atoms with Gasteiger partial charge in [-0.1, -0.05) is 52.0 Å². The average Bonchev–Trinajstić information content (AvgIpc) is 2.16. The molecular weight excluding hydrogens is 170 g/mol. The number of hydrogen-bond acceptors (Lipinski definition) is 1. The summed E-state index contributed by atoms with van der Waals surface area (Å²) in [7, 11) is 0. The molecule has 2 N–H and O–H groups in total. The van der Waals surface area contributed by atoms with Crippen molar-refractivity contribution in [3.63, 3.8) is 0 Å². The van der Waals surface area contributed by atoms with E-state index < -0.39 is 0 Å². The first-order chi connectivity index (χ1) is 6.52. The molecule has 0 radical (unpaired) electrons. The molecule has 0 aliphatic carbocycles. The van der Waals surface area contributed by atoms with Crippen LogP contribution in [0.5, 0.6) is 0 Å². The predicted octanol–water partition coefficient (Wildman–Crippen LogP) is 3.47. The Bertz CT molecular complexity index is 272. The summed E-state index contributed by atoms with van der Waals surface area (Å²) in [6.45, 7) is 8.72. The van der Waals surface area contributed by atoms with Gasteiger partial charge >= 0.3 is 0 Å². The van der Waals surface area contributed by atoms with Crippen molar-refractivity contribution in [1.29, 1.82) is 0 Å². The quantitative estimate of drug-likeness (QED) is 0.778. The molecule has 78 valence electrons. The minimum absolute atomic E-state index is 0.163. The third-order valence-electron chi connectivity index (χ3n) is 2.71. The molecule has 0 aromatic heterocycles. The van der Waals surface area contributed by atoms with Gasteiger partial charge in [-0.2, -0.15) is 0 Å². The van der Waals surface area contributed by atoms with Crippen molar-refractivity contribution in [2.75, 3.05) is 0 Å². The van der Waals surface area contributed by atoms with E-state index in [0.29, 0.717) is 11.8 Å². The molecular formula is C13H21N. The fraction of sp³-hybridized carbons (Fsp3) is 0.538. The monoisotopic (exact) mass is 191 g/mol. The highest BCUT2D eigenvalue weighted by Crippen LogP contribution is 2.21. The number of benzene rings is 1. The molecule has 0 spiro atoms. The van der Waals surface area contributed by atoms with Gasteiger partial charge in [-0.15, -0.1) is 0 Å². The largest absolute Gasteiger partial charge is 0.324 e. The van der Waals surface area contributed by atoms with Crippen LogP contribution in [0.15, 0.2) is 24.3 Å². The van der Waals surface area contributed by atoms with Crippen molar-refractivity contribution in [2.45, 2.75) is 39.7 Å². The van der Waals surface area contributed by atoms with Crippen LogP contribution in [0, 0.1) is 5.92 Å². The smallest absolute Gasteiger partial charge is 0.0318 e. The van der Waals surface area contributed by atoms with E-state index in [-0.39, 0.29) is 6.04 Å². The Labute approximate surface area is 87.3 Å². The first-order valence-corrected chi connectivity index (χ1v) is 5.37. The Kier molecular flexibility index (Phi) is 3.70. The molecule has 1 heteroatoms. The van der Waals surface area contributed by atoms with Gasteiger partial charge < -0.3 is 5.73 Å². The average molecular weight is 191 g/mol. The third kappa shape index (κ3) is 2.58. The number of rotatable bonds is 3. The normalized spacial score (nSPS) is 13.6. The molecule has 1 atom stereocenters. The summed E-state index contributed by atoms with van der Waals surface area (Å²) in [6, 6.07) is 8.83. The van der Waals surface area contributed by atoms with Crippen molar-refractivity contribution in [3.8, 4) is 0 Å². The fourth-order valence-corrected chi connectivity index (χ4v) is 1.49. The molecule has 1 rings (SSSR count). The summed E-state index contributed by atoms with van der Waals surface area (Å²) in [4.78, 5) is 0. The summed E-state index contributed by atoms with van der Waals surface area (Å²) in [5.74, 6) is 1.10. The lowest BCUT2D eigenvalue weighted by Crippen LogP contribution is -2.16. The Balaban J connectivity index is 2.83. The molecule has 0 saturated carbocycles. The van der Waals surface area contributed by atoms with Crippen LogP contribution in [0.3, 0.4) is 0 Å². The highest BCUT2D eigenvalue weighted by Gasteiger charge is 2.10. The molecule has 0 saturated heterocycles. The lowest BCUT2D eigenvalue weighted by atomic mass is 9.94. The lowest BCUT2D eigenvalue weighted by molar-refractivity contribution is 0.514. The van der Waals surface area contributed by atoms with Crippen molar-refractivity contribution in [1.82, 2.24) is 0 Å². The topological polar surface area (TPSA) is 26.0 Å². The van der Waals surface area contributed by atoms with Crippen molar-refractivity contribution < 1.29 is 0 Å². The highest BCUT2D eigenvalue weighted by atomic mass is 14.6. The highest BCUT2D eigenvalue weighted by molar-refractivity contribution is 5.26. The van der Waals surface area contributed by atoms with Crippen molar-refractivity contribution in [3.05, 3.63) is 35.4 Å². The zero-order chi connectivity index (χ0) is 10.7. The molecule has 1 aromatic carbocycles. The van der Waals surface area contributed by atoms with E-state index in [1.165, 1.54) is 11.1 Å². The number of nitrogens with two attached hydrogens (primary N) is 1. The van der Waals surface area contributed by atoms with E-state index in [4.69, 9.17) is 5.73 Å². The van der Waals surface area contributed by atoms with Crippen LogP contribution >= 0.6 is 0 Å². The minimum atomic E-state index is 0.163. The molecule has 0 aliphatic heterocycles. The molecule has 1 aromatic rings. The Morgan fingerprint density at radius 3 is 1.64 bits per heavy atom. The van der Waals surface area contributed by atoms with E-state index in [0.717, 1.165) is 0 Å². The molecule has 0 fully saturated rings. The van der Waals surface area contributed by atoms with E-state index >= 15 is 0 Å². The van der Waals surface area contributed by atoms with Gasteiger partial charge in [-0.05, 0) is 23.0 Å². The van der Waals surface area contributed by atoms with E-state index in [1.807, 2.05) is 0 Å². The lowest BCUT2D eigenvalue weighted by Gasteiger charge is -2.16. The van der Waals surface area contributed by atoms with Crippen molar-refractivity contribution in [2.24, 2.45) is 11.7 Å². The van der Waals surface area contributed by atoms with E-state index in [2.05, 4.69) is 52.0 Å². The SMILES string of the molecule is CC(C)c1ccc([C@@H](N)C(C)C)cc1. The summed E-state index contributed by atoms with van der Waals surface area (Å²) in [5, 5.41) is 0. The maximum absolute atomic E-state index is 6.06. The maximum Gasteiger partial charge on any atom is 0.0318 e. The van der Waals surface area contributed by atoms with Gasteiger partial charge in [0.05, 0.1) is 0 Å². The van der Waals surface area contributed by atoms with Gasteiger partial charge in [0.15, 0.2) is 0 Å². The first kappa shape index (κ1) is 11.3. The summed E-state index contributed by atoms with van der Waals surface area (Å²) < 4.78 is 0. The van der Waals surface area contributed by atoms with Crippen molar-refractivity contribution >= 4 is 0 Å². The minimum Gasteiger partial charge on any atom is -0.324 e. The molecule has 0 aliphatic rings. The standard InChI is InChI=1S/C13H21N/c1-9(2)11-5-7-12(8-6-11)13(14)10(3)4/h5-10,13H,14H2,1-4H3/t13-/m0/s1. The maximum atomic E-state index is 6.06. The first-order valence-electron chi connectivity index (χ1n) is 5.37. The van der Waals surface area contributed by atoms with Crippen LogP contribution in [-0.2, 0) is 0 Å². The Morgan fingerprint density at radius 1 is 0.857 bits per heavy atom. The Morgan fingerprint density at radius 2 is 1.29 bits per heavy atom. The van der Waals surface area contributed by atoms with Crippen LogP contribution in [0.2, 0.25) is 0 Å². The summed E-state index contributed by atoms with van der Waals surface area (Å²) >= 11 is 0. The molecule has 14 heavy (non-hydrogen) atoms. The predicted molar refractivity (Wildman–Crippen MR) is 62.3 cm³/mol. The van der Waals surface area contributed by atoms with Crippen LogP contribution in [0.4, 0.5) is 0 Å². The zero-order valence-corrected chi connectivity index (χ0v) is 9.62. The van der Waals surface area contributed by atoms with Crippen LogP contribution < -0.4 is 5.73 Å². The molecule has 0 heterocycles. The fourth-order valence-electron chi connectivity index (χ4n) is 1.49. The van der Waals surface area contributed by atoms with Gasteiger partial charge in [0.2, 0.25) is 0 Å².